The van der Waals surface area contributed by atoms with Crippen molar-refractivity contribution in [3.8, 4) is 0 Å². The first-order valence-electron chi connectivity index (χ1n) is 5.08. The summed E-state index contributed by atoms with van der Waals surface area (Å²) in [5.74, 6) is 0. The number of amides is 1. The SMILES string of the molecule is CNCC1COC(=O)N1c1cccc(Br)c1. The first-order valence-corrected chi connectivity index (χ1v) is 5.88. The number of hydrogen-bond donors (Lipinski definition) is 1. The molecule has 5 heteroatoms. The molecule has 0 spiro atoms. The number of benzene rings is 1. The van der Waals surface area contributed by atoms with E-state index in [4.69, 9.17) is 4.74 Å². The van der Waals surface area contributed by atoms with E-state index in [9.17, 15) is 4.79 Å². The second kappa shape index (κ2) is 4.84. The van der Waals surface area contributed by atoms with Crippen LogP contribution in [0.3, 0.4) is 0 Å². The monoisotopic (exact) mass is 284 g/mol. The Hall–Kier alpha value is -1.07. The number of likely N-dealkylation sites (N-methyl/N-ethyl adjacent to an activating group) is 1. The highest BCUT2D eigenvalue weighted by atomic mass is 79.9. The van der Waals surface area contributed by atoms with E-state index in [0.717, 1.165) is 16.7 Å². The van der Waals surface area contributed by atoms with E-state index in [1.807, 2.05) is 31.3 Å². The molecule has 0 radical (unpaired) electrons. The van der Waals surface area contributed by atoms with E-state index in [0.29, 0.717) is 6.61 Å². The van der Waals surface area contributed by atoms with Gasteiger partial charge in [0.15, 0.2) is 0 Å². The Balaban J connectivity index is 2.26. The molecule has 1 fully saturated rings. The number of nitrogens with one attached hydrogen (secondary N) is 1. The number of anilines is 1. The molecule has 0 aromatic heterocycles. The maximum absolute atomic E-state index is 11.6. The van der Waals surface area contributed by atoms with Crippen molar-refractivity contribution < 1.29 is 9.53 Å². The van der Waals surface area contributed by atoms with Gasteiger partial charge in [-0.05, 0) is 25.2 Å². The summed E-state index contributed by atoms with van der Waals surface area (Å²) in [4.78, 5) is 13.3. The number of nitrogens with zero attached hydrogens (tertiary/aromatic N) is 1. The van der Waals surface area contributed by atoms with Gasteiger partial charge in [0.2, 0.25) is 0 Å². The second-order valence-corrected chi connectivity index (χ2v) is 4.55. The van der Waals surface area contributed by atoms with Crippen LogP contribution in [-0.2, 0) is 4.74 Å². The topological polar surface area (TPSA) is 41.6 Å². The van der Waals surface area contributed by atoms with Crippen LogP contribution in [0.5, 0.6) is 0 Å². The lowest BCUT2D eigenvalue weighted by Crippen LogP contribution is -2.40. The predicted octanol–water partition coefficient (Wildman–Crippen LogP) is 1.99. The highest BCUT2D eigenvalue weighted by Crippen LogP contribution is 2.25. The van der Waals surface area contributed by atoms with Crippen molar-refractivity contribution >= 4 is 27.7 Å². The van der Waals surface area contributed by atoms with Crippen LogP contribution in [0.25, 0.3) is 0 Å². The Morgan fingerprint density at radius 2 is 2.44 bits per heavy atom. The molecular weight excluding hydrogens is 272 g/mol. The van der Waals surface area contributed by atoms with Crippen LogP contribution in [0.1, 0.15) is 0 Å². The fraction of sp³-hybridized carbons (Fsp3) is 0.364. The van der Waals surface area contributed by atoms with Gasteiger partial charge in [-0.15, -0.1) is 0 Å². The standard InChI is InChI=1S/C11H13BrN2O2/c1-13-6-10-7-16-11(15)14(10)9-4-2-3-8(12)5-9/h2-5,10,13H,6-7H2,1H3. The molecule has 16 heavy (non-hydrogen) atoms. The van der Waals surface area contributed by atoms with Gasteiger partial charge in [-0.2, -0.15) is 0 Å². The Morgan fingerprint density at radius 3 is 3.12 bits per heavy atom. The normalized spacial score (nSPS) is 20.0. The lowest BCUT2D eigenvalue weighted by atomic mass is 10.2. The molecule has 4 nitrogen and oxygen atoms in total. The third kappa shape index (κ3) is 2.20. The second-order valence-electron chi connectivity index (χ2n) is 3.64. The van der Waals surface area contributed by atoms with Crippen LogP contribution in [0.15, 0.2) is 28.7 Å². The van der Waals surface area contributed by atoms with E-state index in [-0.39, 0.29) is 12.1 Å². The number of cyclic esters (lactones) is 1. The van der Waals surface area contributed by atoms with Crippen LogP contribution in [0.4, 0.5) is 10.5 Å². The Kier molecular flexibility index (Phi) is 3.46. The lowest BCUT2D eigenvalue weighted by molar-refractivity contribution is 0.178. The van der Waals surface area contributed by atoms with Gasteiger partial charge in [0.25, 0.3) is 0 Å². The number of ether oxygens (including phenoxy) is 1. The highest BCUT2D eigenvalue weighted by Gasteiger charge is 2.33. The molecule has 1 heterocycles. The Bertz CT molecular complexity index is 397. The minimum atomic E-state index is -0.279. The summed E-state index contributed by atoms with van der Waals surface area (Å²) < 4.78 is 6.01. The Morgan fingerprint density at radius 1 is 1.62 bits per heavy atom. The van der Waals surface area contributed by atoms with Crippen molar-refractivity contribution in [2.45, 2.75) is 6.04 Å². The summed E-state index contributed by atoms with van der Waals surface area (Å²) in [5, 5.41) is 3.06. The molecular formula is C11H13BrN2O2. The predicted molar refractivity (Wildman–Crippen MR) is 65.7 cm³/mol. The van der Waals surface area contributed by atoms with Crippen molar-refractivity contribution in [2.75, 3.05) is 25.1 Å². The number of carbonyl (C=O) groups is 1. The smallest absolute Gasteiger partial charge is 0.414 e. The molecule has 0 saturated carbocycles. The zero-order valence-electron chi connectivity index (χ0n) is 8.94. The fourth-order valence-corrected chi connectivity index (χ4v) is 2.18. The molecule has 1 aromatic carbocycles. The highest BCUT2D eigenvalue weighted by molar-refractivity contribution is 9.10. The van der Waals surface area contributed by atoms with E-state index >= 15 is 0 Å². The number of halogens is 1. The van der Waals surface area contributed by atoms with Crippen molar-refractivity contribution in [1.29, 1.82) is 0 Å². The summed E-state index contributed by atoms with van der Waals surface area (Å²) >= 11 is 3.39. The first-order chi connectivity index (χ1) is 7.72. The van der Waals surface area contributed by atoms with Gasteiger partial charge >= 0.3 is 6.09 Å². The zero-order valence-corrected chi connectivity index (χ0v) is 10.5. The first kappa shape index (κ1) is 11.4. The van der Waals surface area contributed by atoms with Crippen LogP contribution in [0, 0.1) is 0 Å². The molecule has 1 saturated heterocycles. The van der Waals surface area contributed by atoms with E-state index < -0.39 is 0 Å². The minimum Gasteiger partial charge on any atom is -0.447 e. The van der Waals surface area contributed by atoms with Gasteiger partial charge in [-0.25, -0.2) is 4.79 Å². The van der Waals surface area contributed by atoms with Crippen LogP contribution < -0.4 is 10.2 Å². The molecule has 0 bridgehead atoms. The quantitative estimate of drug-likeness (QED) is 0.923. The molecule has 0 aliphatic carbocycles. The van der Waals surface area contributed by atoms with Gasteiger partial charge in [0.1, 0.15) is 6.61 Å². The van der Waals surface area contributed by atoms with E-state index in [1.54, 1.807) is 4.90 Å². The fourth-order valence-electron chi connectivity index (χ4n) is 1.79. The number of hydrogen-bond acceptors (Lipinski definition) is 3. The summed E-state index contributed by atoms with van der Waals surface area (Å²) in [6.45, 7) is 1.16. The maximum Gasteiger partial charge on any atom is 0.414 e. The molecule has 86 valence electrons. The van der Waals surface area contributed by atoms with Gasteiger partial charge in [-0.3, -0.25) is 4.90 Å². The van der Waals surface area contributed by atoms with Crippen LogP contribution in [0.2, 0.25) is 0 Å². The molecule has 2 rings (SSSR count). The summed E-state index contributed by atoms with van der Waals surface area (Å²) in [6.07, 6.45) is -0.279. The van der Waals surface area contributed by atoms with Crippen molar-refractivity contribution in [2.24, 2.45) is 0 Å². The third-order valence-corrected chi connectivity index (χ3v) is 2.98. The number of carbonyl (C=O) groups excluding carboxylic acids is 1. The summed E-state index contributed by atoms with van der Waals surface area (Å²) in [5.41, 5.74) is 0.858. The van der Waals surface area contributed by atoms with Crippen molar-refractivity contribution in [1.82, 2.24) is 5.32 Å². The number of rotatable bonds is 3. The minimum absolute atomic E-state index is 0.0619. The van der Waals surface area contributed by atoms with Gasteiger partial charge < -0.3 is 10.1 Å². The Labute approximate surface area is 103 Å². The molecule has 1 amide bonds. The average Bonchev–Trinajstić information content (AvgIpc) is 2.60. The largest absolute Gasteiger partial charge is 0.447 e. The van der Waals surface area contributed by atoms with Gasteiger partial charge in [0, 0.05) is 16.7 Å². The average molecular weight is 285 g/mol. The molecule has 1 unspecified atom stereocenters. The third-order valence-electron chi connectivity index (χ3n) is 2.49. The molecule has 1 aliphatic heterocycles. The van der Waals surface area contributed by atoms with Crippen molar-refractivity contribution in [3.05, 3.63) is 28.7 Å². The van der Waals surface area contributed by atoms with Gasteiger partial charge in [-0.1, -0.05) is 22.0 Å². The molecule has 1 N–H and O–H groups in total. The van der Waals surface area contributed by atoms with Crippen LogP contribution in [-0.4, -0.2) is 32.3 Å². The molecule has 1 aromatic rings. The van der Waals surface area contributed by atoms with E-state index in [1.165, 1.54) is 0 Å². The summed E-state index contributed by atoms with van der Waals surface area (Å²) in [6, 6.07) is 7.71. The zero-order chi connectivity index (χ0) is 11.5. The molecule has 1 aliphatic rings. The van der Waals surface area contributed by atoms with Crippen molar-refractivity contribution in [3.63, 3.8) is 0 Å². The van der Waals surface area contributed by atoms with Gasteiger partial charge in [0.05, 0.1) is 6.04 Å². The van der Waals surface area contributed by atoms with E-state index in [2.05, 4.69) is 21.2 Å². The summed E-state index contributed by atoms with van der Waals surface area (Å²) in [7, 11) is 1.86. The molecule has 1 atom stereocenters. The van der Waals surface area contributed by atoms with Crippen LogP contribution >= 0.6 is 15.9 Å². The maximum atomic E-state index is 11.6. The lowest BCUT2D eigenvalue weighted by Gasteiger charge is -2.21.